The topological polar surface area (TPSA) is 75.7 Å². The van der Waals surface area contributed by atoms with E-state index in [1.807, 2.05) is 13.8 Å². The van der Waals surface area contributed by atoms with Crippen LogP contribution in [0.25, 0.3) is 10.2 Å². The molecule has 3 aromatic rings. The summed E-state index contributed by atoms with van der Waals surface area (Å²) in [6.45, 7) is 5.19. The minimum absolute atomic E-state index is 0.0102. The van der Waals surface area contributed by atoms with Crippen molar-refractivity contribution in [1.82, 2.24) is 15.0 Å². The molecule has 0 aliphatic heterocycles. The van der Waals surface area contributed by atoms with E-state index in [0.29, 0.717) is 11.3 Å². The highest BCUT2D eigenvalue weighted by atomic mass is 32.2. The van der Waals surface area contributed by atoms with Gasteiger partial charge in [0, 0.05) is 21.5 Å². The van der Waals surface area contributed by atoms with Crippen molar-refractivity contribution < 1.29 is 9.59 Å². The highest BCUT2D eigenvalue weighted by Gasteiger charge is 2.22. The number of aryl methyl sites for hydroxylation is 3. The van der Waals surface area contributed by atoms with Gasteiger partial charge in [-0.2, -0.15) is 0 Å². The van der Waals surface area contributed by atoms with Crippen LogP contribution in [0.4, 0.5) is 0 Å². The molecule has 4 rings (SSSR count). The number of aromatic amines is 1. The minimum Gasteiger partial charge on any atom is -0.355 e. The van der Waals surface area contributed by atoms with Crippen molar-refractivity contribution in [1.29, 1.82) is 0 Å². The normalized spacial score (nSPS) is 13.7. The molecule has 0 atom stereocenters. The van der Waals surface area contributed by atoms with Crippen LogP contribution in [0.15, 0.2) is 11.4 Å². The van der Waals surface area contributed by atoms with Crippen molar-refractivity contribution in [3.05, 3.63) is 39.3 Å². The first kappa shape index (κ1) is 18.4. The summed E-state index contributed by atoms with van der Waals surface area (Å²) in [7, 11) is 0. The lowest BCUT2D eigenvalue weighted by Crippen LogP contribution is -2.06. The number of Topliss-reactive ketones (excluding diaryl/α,β-unsaturated/α-hetero) is 2. The molecule has 27 heavy (non-hydrogen) atoms. The van der Waals surface area contributed by atoms with E-state index < -0.39 is 0 Å². The number of H-pyrrole nitrogens is 1. The van der Waals surface area contributed by atoms with Gasteiger partial charge in [0.2, 0.25) is 0 Å². The van der Waals surface area contributed by atoms with Crippen molar-refractivity contribution in [2.45, 2.75) is 51.5 Å². The van der Waals surface area contributed by atoms with Gasteiger partial charge in [0.1, 0.15) is 16.2 Å². The molecule has 140 valence electrons. The Morgan fingerprint density at radius 2 is 2.00 bits per heavy atom. The molecule has 1 aliphatic rings. The number of thioether (sulfide) groups is 1. The van der Waals surface area contributed by atoms with E-state index in [0.717, 1.165) is 39.3 Å². The highest BCUT2D eigenvalue weighted by Crippen LogP contribution is 2.39. The molecular formula is C20H21N3O2S2. The molecule has 3 aromatic heterocycles. The van der Waals surface area contributed by atoms with Crippen molar-refractivity contribution in [2.24, 2.45) is 0 Å². The number of rotatable bonds is 5. The molecule has 0 saturated heterocycles. The van der Waals surface area contributed by atoms with Crippen LogP contribution in [-0.4, -0.2) is 32.3 Å². The second kappa shape index (κ2) is 7.20. The summed E-state index contributed by atoms with van der Waals surface area (Å²) in [5, 5.41) is 2.03. The number of hydrogen-bond donors (Lipinski definition) is 1. The van der Waals surface area contributed by atoms with Crippen LogP contribution in [0.5, 0.6) is 0 Å². The van der Waals surface area contributed by atoms with Crippen LogP contribution in [0, 0.1) is 13.8 Å². The number of fused-ring (bicyclic) bond motifs is 3. The quantitative estimate of drug-likeness (QED) is 0.383. The molecule has 5 nitrogen and oxygen atoms in total. The summed E-state index contributed by atoms with van der Waals surface area (Å²) in [6.07, 6.45) is 6.22. The summed E-state index contributed by atoms with van der Waals surface area (Å²) in [6, 6.07) is 0. The second-order valence-corrected chi connectivity index (χ2v) is 9.01. The van der Waals surface area contributed by atoms with Gasteiger partial charge in [-0.3, -0.25) is 9.59 Å². The van der Waals surface area contributed by atoms with Gasteiger partial charge in [-0.15, -0.1) is 11.3 Å². The number of aromatic nitrogens is 3. The van der Waals surface area contributed by atoms with Gasteiger partial charge >= 0.3 is 0 Å². The van der Waals surface area contributed by atoms with Gasteiger partial charge in [0.15, 0.2) is 11.6 Å². The predicted molar refractivity (Wildman–Crippen MR) is 109 cm³/mol. The van der Waals surface area contributed by atoms with E-state index in [-0.39, 0.29) is 17.3 Å². The summed E-state index contributed by atoms with van der Waals surface area (Å²) in [5.41, 5.74) is 4.03. The largest absolute Gasteiger partial charge is 0.355 e. The van der Waals surface area contributed by atoms with Crippen molar-refractivity contribution >= 4 is 44.9 Å². The highest BCUT2D eigenvalue weighted by molar-refractivity contribution is 8.00. The van der Waals surface area contributed by atoms with E-state index in [9.17, 15) is 9.59 Å². The third-order valence-corrected chi connectivity index (χ3v) is 7.31. The Kier molecular flexibility index (Phi) is 4.90. The number of nitrogens with zero attached hydrogens (tertiary/aromatic N) is 2. The zero-order valence-corrected chi connectivity index (χ0v) is 17.3. The minimum atomic E-state index is -0.0182. The Labute approximate surface area is 166 Å². The smallest absolute Gasteiger partial charge is 0.189 e. The Balaban J connectivity index is 1.61. The van der Waals surface area contributed by atoms with Crippen LogP contribution < -0.4 is 0 Å². The van der Waals surface area contributed by atoms with Crippen LogP contribution in [-0.2, 0) is 12.8 Å². The molecule has 0 amide bonds. The van der Waals surface area contributed by atoms with E-state index in [2.05, 4.69) is 15.0 Å². The summed E-state index contributed by atoms with van der Waals surface area (Å²) in [5.74, 6) is 0.258. The van der Waals surface area contributed by atoms with E-state index in [1.165, 1.54) is 42.0 Å². The maximum Gasteiger partial charge on any atom is 0.189 e. The lowest BCUT2D eigenvalue weighted by molar-refractivity contribution is 0.101. The zero-order chi connectivity index (χ0) is 19.1. The molecule has 0 spiro atoms. The van der Waals surface area contributed by atoms with E-state index in [4.69, 9.17) is 0 Å². The van der Waals surface area contributed by atoms with E-state index >= 15 is 0 Å². The number of thiophene rings is 1. The molecule has 3 heterocycles. The Morgan fingerprint density at radius 3 is 2.74 bits per heavy atom. The first-order chi connectivity index (χ1) is 13.0. The number of ketones is 2. The third-order valence-electron chi connectivity index (χ3n) is 5.12. The number of nitrogens with one attached hydrogen (secondary N) is 1. The molecule has 7 heteroatoms. The fourth-order valence-corrected chi connectivity index (χ4v) is 6.13. The van der Waals surface area contributed by atoms with Crippen LogP contribution in [0.2, 0.25) is 0 Å². The maximum absolute atomic E-state index is 12.8. The van der Waals surface area contributed by atoms with Gasteiger partial charge in [-0.05, 0) is 57.6 Å². The van der Waals surface area contributed by atoms with Crippen molar-refractivity contribution in [3.63, 3.8) is 0 Å². The lowest BCUT2D eigenvalue weighted by Gasteiger charge is -2.11. The van der Waals surface area contributed by atoms with Crippen LogP contribution >= 0.6 is 23.1 Å². The van der Waals surface area contributed by atoms with Gasteiger partial charge in [0.05, 0.1) is 11.4 Å². The molecule has 0 aromatic carbocycles. The number of hydrogen-bond acceptors (Lipinski definition) is 6. The molecule has 1 aliphatic carbocycles. The zero-order valence-electron chi connectivity index (χ0n) is 15.6. The van der Waals surface area contributed by atoms with Gasteiger partial charge < -0.3 is 4.98 Å². The SMILES string of the molecule is CC(=O)c1c(C)[nH]c(C(=O)CSc2ncnc3sc4c(c23)CCCC4)c1C. The molecule has 0 fully saturated rings. The molecule has 0 saturated carbocycles. The van der Waals surface area contributed by atoms with Crippen molar-refractivity contribution in [3.8, 4) is 0 Å². The maximum atomic E-state index is 12.8. The number of carbonyl (C=O) groups is 2. The lowest BCUT2D eigenvalue weighted by atomic mass is 9.97. The average molecular weight is 400 g/mol. The monoisotopic (exact) mass is 399 g/mol. The fraction of sp³-hybridized carbons (Fsp3) is 0.400. The molecule has 1 N–H and O–H groups in total. The summed E-state index contributed by atoms with van der Waals surface area (Å²) in [4.78, 5) is 39.1. The Hall–Kier alpha value is -1.99. The van der Waals surface area contributed by atoms with E-state index in [1.54, 1.807) is 17.7 Å². The first-order valence-electron chi connectivity index (χ1n) is 9.08. The van der Waals surface area contributed by atoms with Crippen LogP contribution in [0.3, 0.4) is 0 Å². The number of carbonyl (C=O) groups excluding carboxylic acids is 2. The Morgan fingerprint density at radius 1 is 1.22 bits per heavy atom. The van der Waals surface area contributed by atoms with Crippen LogP contribution in [0.1, 0.15) is 62.3 Å². The van der Waals surface area contributed by atoms with Gasteiger partial charge in [0.25, 0.3) is 0 Å². The molecule has 0 unspecified atom stereocenters. The standard InChI is InChI=1S/C20H21N3O2S2/c1-10-16(12(3)24)11(2)23-18(10)14(25)8-26-19-17-13-6-4-5-7-15(13)27-20(17)22-9-21-19/h9,23H,4-8H2,1-3H3. The predicted octanol–water partition coefficient (Wildman–Crippen LogP) is 4.69. The molecular weight excluding hydrogens is 378 g/mol. The van der Waals surface area contributed by atoms with Gasteiger partial charge in [-0.25, -0.2) is 9.97 Å². The Bertz CT molecular complexity index is 1070. The average Bonchev–Trinajstić information content (AvgIpc) is 3.16. The summed E-state index contributed by atoms with van der Waals surface area (Å²) >= 11 is 3.23. The summed E-state index contributed by atoms with van der Waals surface area (Å²) < 4.78 is 0. The first-order valence-corrected chi connectivity index (χ1v) is 10.9. The molecule has 0 radical (unpaired) electrons. The molecule has 0 bridgehead atoms. The third kappa shape index (κ3) is 3.23. The van der Waals surface area contributed by atoms with Crippen molar-refractivity contribution in [2.75, 3.05) is 5.75 Å². The van der Waals surface area contributed by atoms with Gasteiger partial charge in [-0.1, -0.05) is 11.8 Å². The second-order valence-electron chi connectivity index (χ2n) is 6.96. The fourth-order valence-electron chi connectivity index (χ4n) is 3.93.